The van der Waals surface area contributed by atoms with Crippen LogP contribution in [-0.2, 0) is 4.79 Å². The van der Waals surface area contributed by atoms with Crippen LogP contribution < -0.4 is 14.8 Å². The van der Waals surface area contributed by atoms with E-state index in [0.717, 1.165) is 37.2 Å². The van der Waals surface area contributed by atoms with Crippen molar-refractivity contribution in [1.82, 2.24) is 10.2 Å². The largest absolute Gasteiger partial charge is 0.497 e. The van der Waals surface area contributed by atoms with Crippen molar-refractivity contribution in [3.63, 3.8) is 0 Å². The molecule has 1 atom stereocenters. The third-order valence-corrected chi connectivity index (χ3v) is 5.61. The molecular weight excluding hydrogens is 422 g/mol. The Morgan fingerprint density at radius 1 is 1.19 bits per heavy atom. The molecule has 8 nitrogen and oxygen atoms in total. The molecule has 1 unspecified atom stereocenters. The molecule has 1 N–H and O–H groups in total. The summed E-state index contributed by atoms with van der Waals surface area (Å²) in [6, 6.07) is 11.8. The number of nitrogens with zero attached hydrogens (tertiary/aromatic N) is 2. The first kappa shape index (κ1) is 22.8. The third-order valence-electron chi connectivity index (χ3n) is 5.31. The molecule has 9 heteroatoms. The van der Waals surface area contributed by atoms with Crippen molar-refractivity contribution in [2.75, 3.05) is 33.4 Å². The Kier molecular flexibility index (Phi) is 8.08. The first-order chi connectivity index (χ1) is 15.0. The van der Waals surface area contributed by atoms with Crippen LogP contribution in [0, 0.1) is 10.1 Å². The molecule has 2 aromatic rings. The smallest absolute Gasteiger partial charge is 0.271 e. The van der Waals surface area contributed by atoms with E-state index in [1.54, 1.807) is 7.11 Å². The highest BCUT2D eigenvalue weighted by Gasteiger charge is 2.23. The van der Waals surface area contributed by atoms with E-state index in [2.05, 4.69) is 10.2 Å². The minimum absolute atomic E-state index is 0.0538. The number of hydrogen-bond acceptors (Lipinski definition) is 6. The molecule has 1 aliphatic rings. The normalized spacial score (nSPS) is 15.2. The van der Waals surface area contributed by atoms with Crippen molar-refractivity contribution >= 4 is 23.2 Å². The molecule has 31 heavy (non-hydrogen) atoms. The number of nitro benzene ring substituents is 1. The summed E-state index contributed by atoms with van der Waals surface area (Å²) in [6.07, 6.45) is 3.51. The van der Waals surface area contributed by atoms with Gasteiger partial charge < -0.3 is 14.8 Å². The van der Waals surface area contributed by atoms with Crippen LogP contribution in [0.5, 0.6) is 11.5 Å². The van der Waals surface area contributed by atoms with Gasteiger partial charge in [0.05, 0.1) is 23.1 Å². The zero-order valence-corrected chi connectivity index (χ0v) is 18.1. The van der Waals surface area contributed by atoms with Gasteiger partial charge in [0.2, 0.25) is 0 Å². The van der Waals surface area contributed by atoms with Crippen LogP contribution in [0.2, 0.25) is 5.02 Å². The number of piperidine rings is 1. The Bertz CT molecular complexity index is 901. The Morgan fingerprint density at radius 3 is 2.52 bits per heavy atom. The van der Waals surface area contributed by atoms with Gasteiger partial charge in [-0.3, -0.25) is 19.8 Å². The maximum Gasteiger partial charge on any atom is 0.271 e. The molecule has 1 aliphatic heterocycles. The van der Waals surface area contributed by atoms with E-state index < -0.39 is 4.92 Å². The van der Waals surface area contributed by atoms with Crippen LogP contribution in [0.15, 0.2) is 42.5 Å². The summed E-state index contributed by atoms with van der Waals surface area (Å²) >= 11 is 6.01. The molecule has 1 saturated heterocycles. The van der Waals surface area contributed by atoms with Crippen LogP contribution in [0.3, 0.4) is 0 Å². The number of hydrogen-bond donors (Lipinski definition) is 1. The summed E-state index contributed by atoms with van der Waals surface area (Å²) in [4.78, 5) is 25.0. The predicted octanol–water partition coefficient (Wildman–Crippen LogP) is 3.98. The van der Waals surface area contributed by atoms with Gasteiger partial charge in [-0.15, -0.1) is 0 Å². The molecule has 1 amide bonds. The van der Waals surface area contributed by atoms with E-state index in [4.69, 9.17) is 21.1 Å². The molecule has 0 aliphatic carbocycles. The predicted molar refractivity (Wildman–Crippen MR) is 118 cm³/mol. The molecule has 0 radical (unpaired) electrons. The monoisotopic (exact) mass is 447 g/mol. The number of halogens is 1. The van der Waals surface area contributed by atoms with Crippen molar-refractivity contribution in [1.29, 1.82) is 0 Å². The van der Waals surface area contributed by atoms with Crippen LogP contribution in [-0.4, -0.2) is 49.1 Å². The molecule has 0 saturated carbocycles. The maximum atomic E-state index is 12.4. The Labute approximate surface area is 186 Å². The van der Waals surface area contributed by atoms with Crippen LogP contribution in [0.1, 0.15) is 30.9 Å². The molecule has 3 rings (SSSR count). The SMILES string of the molecule is COc1ccc(C(CNC(=O)COc2ccc([N+](=O)[O-])cc2Cl)N2CCCCC2)cc1. The van der Waals surface area contributed by atoms with Crippen molar-refractivity contribution in [3.05, 3.63) is 63.2 Å². The minimum Gasteiger partial charge on any atom is -0.497 e. The third kappa shape index (κ3) is 6.32. The lowest BCUT2D eigenvalue weighted by atomic mass is 10.0. The second kappa shape index (κ2) is 11.0. The highest BCUT2D eigenvalue weighted by molar-refractivity contribution is 6.32. The average molecular weight is 448 g/mol. The maximum absolute atomic E-state index is 12.4. The number of ether oxygens (including phenoxy) is 2. The average Bonchev–Trinajstić information content (AvgIpc) is 2.79. The summed E-state index contributed by atoms with van der Waals surface area (Å²) in [5.74, 6) is 0.730. The number of methoxy groups -OCH3 is 1. The molecular formula is C22H26ClN3O5. The number of carbonyl (C=O) groups excluding carboxylic acids is 1. The summed E-state index contributed by atoms with van der Waals surface area (Å²) in [7, 11) is 1.63. The summed E-state index contributed by atoms with van der Waals surface area (Å²) in [5.41, 5.74) is 0.980. The van der Waals surface area contributed by atoms with Gasteiger partial charge in [-0.2, -0.15) is 0 Å². The molecule has 2 aromatic carbocycles. The van der Waals surface area contributed by atoms with Crippen LogP contribution >= 0.6 is 11.6 Å². The van der Waals surface area contributed by atoms with Gasteiger partial charge in [-0.25, -0.2) is 0 Å². The highest BCUT2D eigenvalue weighted by Crippen LogP contribution is 2.29. The van der Waals surface area contributed by atoms with Crippen molar-refractivity contribution in [3.8, 4) is 11.5 Å². The van der Waals surface area contributed by atoms with Crippen molar-refractivity contribution in [2.45, 2.75) is 25.3 Å². The number of benzene rings is 2. The number of carbonyl (C=O) groups is 1. The zero-order chi connectivity index (χ0) is 22.2. The van der Waals surface area contributed by atoms with Gasteiger partial charge >= 0.3 is 0 Å². The standard InChI is InChI=1S/C22H26ClN3O5/c1-30-18-8-5-16(6-9-18)20(25-11-3-2-4-12-25)14-24-22(27)15-31-21-10-7-17(26(28)29)13-19(21)23/h5-10,13,20H,2-4,11-12,14-15H2,1H3,(H,24,27). The zero-order valence-electron chi connectivity index (χ0n) is 17.4. The van der Waals surface area contributed by atoms with Crippen molar-refractivity contribution in [2.24, 2.45) is 0 Å². The van der Waals surface area contributed by atoms with E-state index in [1.165, 1.54) is 24.6 Å². The number of nitro groups is 1. The van der Waals surface area contributed by atoms with E-state index >= 15 is 0 Å². The van der Waals surface area contributed by atoms with E-state index in [9.17, 15) is 14.9 Å². The quantitative estimate of drug-likeness (QED) is 0.461. The molecule has 1 heterocycles. The fourth-order valence-corrected chi connectivity index (χ4v) is 3.87. The molecule has 0 bridgehead atoms. The van der Waals surface area contributed by atoms with Crippen LogP contribution in [0.25, 0.3) is 0 Å². The van der Waals surface area contributed by atoms with Crippen LogP contribution in [0.4, 0.5) is 5.69 Å². The Morgan fingerprint density at radius 2 is 1.90 bits per heavy atom. The lowest BCUT2D eigenvalue weighted by molar-refractivity contribution is -0.384. The first-order valence-corrected chi connectivity index (χ1v) is 10.6. The second-order valence-electron chi connectivity index (χ2n) is 7.35. The molecule has 166 valence electrons. The molecule has 1 fully saturated rings. The lowest BCUT2D eigenvalue weighted by Crippen LogP contribution is -2.41. The van der Waals surface area contributed by atoms with Gasteiger partial charge in [0.25, 0.3) is 11.6 Å². The van der Waals surface area contributed by atoms with Gasteiger partial charge in [0, 0.05) is 18.7 Å². The first-order valence-electron chi connectivity index (χ1n) is 10.2. The minimum atomic E-state index is -0.539. The van der Waals surface area contributed by atoms with E-state index in [1.807, 2.05) is 24.3 Å². The fourth-order valence-electron chi connectivity index (χ4n) is 3.64. The van der Waals surface area contributed by atoms with Gasteiger partial charge in [0.15, 0.2) is 6.61 Å². The van der Waals surface area contributed by atoms with Gasteiger partial charge in [-0.1, -0.05) is 30.2 Å². The van der Waals surface area contributed by atoms with Gasteiger partial charge in [0.1, 0.15) is 11.5 Å². The number of likely N-dealkylation sites (tertiary alicyclic amines) is 1. The summed E-state index contributed by atoms with van der Waals surface area (Å²) in [6.45, 7) is 2.19. The van der Waals surface area contributed by atoms with Gasteiger partial charge in [-0.05, 0) is 49.7 Å². The second-order valence-corrected chi connectivity index (χ2v) is 7.76. The number of non-ortho nitro benzene ring substituents is 1. The number of rotatable bonds is 9. The number of amides is 1. The number of nitrogens with one attached hydrogen (secondary N) is 1. The van der Waals surface area contributed by atoms with E-state index in [0.29, 0.717) is 6.54 Å². The Hall–Kier alpha value is -2.84. The summed E-state index contributed by atoms with van der Waals surface area (Å²) < 4.78 is 10.7. The highest BCUT2D eigenvalue weighted by atomic mass is 35.5. The van der Waals surface area contributed by atoms with Crippen molar-refractivity contribution < 1.29 is 19.2 Å². The molecule has 0 aromatic heterocycles. The summed E-state index contributed by atoms with van der Waals surface area (Å²) in [5, 5.41) is 13.8. The topological polar surface area (TPSA) is 93.9 Å². The molecule has 0 spiro atoms. The lowest BCUT2D eigenvalue weighted by Gasteiger charge is -2.35. The van der Waals surface area contributed by atoms with E-state index in [-0.39, 0.29) is 35.0 Å². The Balaban J connectivity index is 1.59. The fraction of sp³-hybridized carbons (Fsp3) is 0.409.